The number of carbonyl (C=O) groups is 2. The van der Waals surface area contributed by atoms with Crippen LogP contribution in [0.4, 0.5) is 14.6 Å². The number of ether oxygens (including phenoxy) is 1. The summed E-state index contributed by atoms with van der Waals surface area (Å²) in [6.45, 7) is 0.729. The van der Waals surface area contributed by atoms with Gasteiger partial charge in [0, 0.05) is 25.6 Å². The SMILES string of the molecule is CCCSc1nc(N2CC[C@H](CC(=O)O)C2)ccc1C(=O)NC1C2CC3CC1CC(OC(F)F)(C3)C2. The van der Waals surface area contributed by atoms with Gasteiger partial charge in [-0.05, 0) is 86.5 Å². The first-order chi connectivity index (χ1) is 17.2. The molecule has 5 aliphatic rings. The van der Waals surface area contributed by atoms with E-state index in [4.69, 9.17) is 14.8 Å². The first kappa shape index (κ1) is 25.7. The van der Waals surface area contributed by atoms with Crippen LogP contribution in [0.3, 0.4) is 0 Å². The van der Waals surface area contributed by atoms with Crippen molar-refractivity contribution in [1.82, 2.24) is 10.3 Å². The van der Waals surface area contributed by atoms with Crippen LogP contribution in [-0.2, 0) is 9.53 Å². The van der Waals surface area contributed by atoms with Gasteiger partial charge in [0.25, 0.3) is 5.91 Å². The van der Waals surface area contributed by atoms with Crippen molar-refractivity contribution >= 4 is 29.5 Å². The van der Waals surface area contributed by atoms with E-state index in [0.717, 1.165) is 43.8 Å². The lowest BCUT2D eigenvalue weighted by Gasteiger charge is -2.59. The van der Waals surface area contributed by atoms with E-state index in [1.54, 1.807) is 11.8 Å². The molecule has 2 unspecified atom stereocenters. The minimum atomic E-state index is -2.76. The summed E-state index contributed by atoms with van der Waals surface area (Å²) in [5.41, 5.74) is -0.184. The Morgan fingerprint density at radius 2 is 2.03 bits per heavy atom. The highest BCUT2D eigenvalue weighted by Gasteiger charge is 2.57. The molecule has 0 spiro atoms. The number of aliphatic carboxylic acids is 1. The number of nitrogens with zero attached hydrogens (tertiary/aromatic N) is 2. The average Bonchev–Trinajstić information content (AvgIpc) is 3.26. The molecular formula is C26H35F2N3O4S. The van der Waals surface area contributed by atoms with Crippen molar-refractivity contribution in [1.29, 1.82) is 0 Å². The minimum Gasteiger partial charge on any atom is -0.481 e. The molecule has 4 saturated carbocycles. The van der Waals surface area contributed by atoms with Gasteiger partial charge in [-0.3, -0.25) is 9.59 Å². The monoisotopic (exact) mass is 523 g/mol. The summed E-state index contributed by atoms with van der Waals surface area (Å²) in [6, 6.07) is 3.66. The molecule has 10 heteroatoms. The van der Waals surface area contributed by atoms with Gasteiger partial charge in [-0.1, -0.05) is 6.92 Å². The first-order valence-electron chi connectivity index (χ1n) is 13.1. The zero-order valence-electron chi connectivity index (χ0n) is 20.6. The van der Waals surface area contributed by atoms with Gasteiger partial charge in [-0.25, -0.2) is 4.98 Å². The number of halogens is 2. The van der Waals surface area contributed by atoms with Gasteiger partial charge >= 0.3 is 12.6 Å². The molecule has 36 heavy (non-hydrogen) atoms. The maximum absolute atomic E-state index is 13.5. The Morgan fingerprint density at radius 3 is 2.69 bits per heavy atom. The molecule has 4 bridgehead atoms. The predicted molar refractivity (Wildman–Crippen MR) is 132 cm³/mol. The van der Waals surface area contributed by atoms with Gasteiger partial charge < -0.3 is 20.1 Å². The van der Waals surface area contributed by atoms with Crippen LogP contribution in [0.2, 0.25) is 0 Å². The number of hydrogen-bond acceptors (Lipinski definition) is 6. The molecule has 7 nitrogen and oxygen atoms in total. The van der Waals surface area contributed by atoms with Crippen molar-refractivity contribution in [2.45, 2.75) is 81.6 Å². The smallest absolute Gasteiger partial charge is 0.345 e. The van der Waals surface area contributed by atoms with E-state index in [1.807, 2.05) is 12.1 Å². The fourth-order valence-electron chi connectivity index (χ4n) is 7.29. The largest absolute Gasteiger partial charge is 0.481 e. The second kappa shape index (κ2) is 10.4. The van der Waals surface area contributed by atoms with Gasteiger partial charge in [0.1, 0.15) is 10.8 Å². The summed E-state index contributed by atoms with van der Waals surface area (Å²) in [5, 5.41) is 13.1. The zero-order valence-corrected chi connectivity index (χ0v) is 21.4. The maximum Gasteiger partial charge on any atom is 0.345 e. The number of aromatic nitrogens is 1. The molecule has 1 aromatic heterocycles. The van der Waals surface area contributed by atoms with Crippen LogP contribution in [-0.4, -0.2) is 59.1 Å². The van der Waals surface area contributed by atoms with Gasteiger partial charge in [0.05, 0.1) is 11.2 Å². The third-order valence-corrected chi connectivity index (χ3v) is 9.66. The Bertz CT molecular complexity index is 976. The molecule has 0 radical (unpaired) electrons. The molecule has 0 aromatic carbocycles. The van der Waals surface area contributed by atoms with Gasteiger partial charge in [-0.2, -0.15) is 8.78 Å². The second-order valence-electron chi connectivity index (χ2n) is 11.1. The molecule has 5 fully saturated rings. The van der Waals surface area contributed by atoms with E-state index in [-0.39, 0.29) is 36.1 Å². The van der Waals surface area contributed by atoms with Crippen molar-refractivity contribution in [2.24, 2.45) is 23.7 Å². The van der Waals surface area contributed by atoms with Crippen molar-refractivity contribution in [2.75, 3.05) is 23.7 Å². The number of carboxylic acid groups (broad SMARTS) is 1. The number of alkyl halides is 2. The fraction of sp³-hybridized carbons (Fsp3) is 0.731. The Labute approximate surface area is 214 Å². The molecule has 1 amide bonds. The van der Waals surface area contributed by atoms with E-state index in [2.05, 4.69) is 17.1 Å². The number of pyridine rings is 1. The minimum absolute atomic E-state index is 0.0255. The van der Waals surface area contributed by atoms with E-state index in [0.29, 0.717) is 42.3 Å². The standard InChI is InChI=1S/C26H35F2N3O4S/c1-2-7-36-24-19(3-4-20(29-24)31-6-5-15(14-31)10-21(32)33)23(34)30-22-17-8-16-9-18(22)13-26(11-16,12-17)35-25(27)28/h3-4,15-18,22,25H,2,5-14H2,1H3,(H,30,34)(H,32,33)/t15-,16?,17?,18?,22?,26?/m1/s1. The van der Waals surface area contributed by atoms with E-state index in [1.165, 1.54) is 0 Å². The normalized spacial score (nSPS) is 32.9. The van der Waals surface area contributed by atoms with Gasteiger partial charge in [0.2, 0.25) is 0 Å². The number of thioether (sulfide) groups is 1. The molecule has 4 aliphatic carbocycles. The van der Waals surface area contributed by atoms with E-state index in [9.17, 15) is 18.4 Å². The number of rotatable bonds is 10. The number of hydrogen-bond donors (Lipinski definition) is 2. The Hall–Kier alpha value is -1.94. The van der Waals surface area contributed by atoms with Crippen molar-refractivity contribution in [3.05, 3.63) is 17.7 Å². The molecular weight excluding hydrogens is 488 g/mol. The summed E-state index contributed by atoms with van der Waals surface area (Å²) >= 11 is 1.56. The summed E-state index contributed by atoms with van der Waals surface area (Å²) in [6.07, 6.45) is 5.69. The van der Waals surface area contributed by atoms with Crippen LogP contribution in [0.25, 0.3) is 0 Å². The van der Waals surface area contributed by atoms with Crippen LogP contribution < -0.4 is 10.2 Å². The predicted octanol–water partition coefficient (Wildman–Crippen LogP) is 4.80. The zero-order chi connectivity index (χ0) is 25.4. The molecule has 6 rings (SSSR count). The highest BCUT2D eigenvalue weighted by molar-refractivity contribution is 7.99. The highest BCUT2D eigenvalue weighted by atomic mass is 32.2. The number of nitrogens with one attached hydrogen (secondary N) is 1. The van der Waals surface area contributed by atoms with Crippen LogP contribution in [0, 0.1) is 23.7 Å². The third-order valence-electron chi connectivity index (χ3n) is 8.46. The van der Waals surface area contributed by atoms with Crippen molar-refractivity contribution in [3.8, 4) is 0 Å². The quantitative estimate of drug-likeness (QED) is 0.426. The lowest BCUT2D eigenvalue weighted by molar-refractivity contribution is -0.260. The number of carbonyl (C=O) groups excluding carboxylic acids is 1. The lowest BCUT2D eigenvalue weighted by Crippen LogP contribution is -2.62. The number of anilines is 1. The molecule has 1 aliphatic heterocycles. The summed E-state index contributed by atoms with van der Waals surface area (Å²) < 4.78 is 31.4. The molecule has 3 atom stereocenters. The van der Waals surface area contributed by atoms with Crippen LogP contribution in [0.15, 0.2) is 17.2 Å². The molecule has 198 valence electrons. The van der Waals surface area contributed by atoms with Gasteiger partial charge in [-0.15, -0.1) is 11.8 Å². The topological polar surface area (TPSA) is 91.8 Å². The lowest BCUT2D eigenvalue weighted by atomic mass is 9.52. The van der Waals surface area contributed by atoms with Crippen LogP contribution >= 0.6 is 11.8 Å². The molecule has 1 aromatic rings. The van der Waals surface area contributed by atoms with Crippen molar-refractivity contribution < 1.29 is 28.2 Å². The first-order valence-corrected chi connectivity index (χ1v) is 14.1. The second-order valence-corrected chi connectivity index (χ2v) is 12.2. The number of amides is 1. The summed E-state index contributed by atoms with van der Waals surface area (Å²) in [7, 11) is 0. The fourth-order valence-corrected chi connectivity index (χ4v) is 8.16. The van der Waals surface area contributed by atoms with Crippen LogP contribution in [0.1, 0.15) is 68.6 Å². The van der Waals surface area contributed by atoms with Crippen LogP contribution in [0.5, 0.6) is 0 Å². The molecule has 1 saturated heterocycles. The Kier molecular flexibility index (Phi) is 7.45. The Balaban J connectivity index is 1.30. The molecule has 2 heterocycles. The molecule has 2 N–H and O–H groups in total. The number of carboxylic acids is 1. The Morgan fingerprint density at radius 1 is 1.28 bits per heavy atom. The van der Waals surface area contributed by atoms with E-state index >= 15 is 0 Å². The maximum atomic E-state index is 13.5. The van der Waals surface area contributed by atoms with E-state index < -0.39 is 18.2 Å². The van der Waals surface area contributed by atoms with Gasteiger partial charge in [0.15, 0.2) is 0 Å². The third kappa shape index (κ3) is 5.35. The highest BCUT2D eigenvalue weighted by Crippen LogP contribution is 2.57. The summed E-state index contributed by atoms with van der Waals surface area (Å²) in [5.74, 6) is 1.50. The van der Waals surface area contributed by atoms with Crippen molar-refractivity contribution in [3.63, 3.8) is 0 Å². The average molecular weight is 524 g/mol. The summed E-state index contributed by atoms with van der Waals surface area (Å²) in [4.78, 5) is 31.5.